The molecule has 0 aromatic carbocycles. The molecule has 314 valence electrons. The molecule has 0 aromatic heterocycles. The topological polar surface area (TPSA) is 221 Å². The first-order valence-electron chi connectivity index (χ1n) is 19.6. The van der Waals surface area contributed by atoms with E-state index in [1.807, 2.05) is 6.92 Å². The molecule has 16 heteroatoms. The largest absolute Gasteiger partial charge is 0.381 e. The lowest BCUT2D eigenvalue weighted by Gasteiger charge is -2.23. The van der Waals surface area contributed by atoms with Gasteiger partial charge in [-0.05, 0) is 52.9 Å². The van der Waals surface area contributed by atoms with Crippen molar-refractivity contribution in [2.75, 3.05) is 72.4 Å². The van der Waals surface area contributed by atoms with Crippen LogP contribution in [-0.2, 0) is 57.4 Å². The summed E-state index contributed by atoms with van der Waals surface area (Å²) >= 11 is 0. The predicted octanol–water partition coefficient (Wildman–Crippen LogP) is 2.01. The predicted molar refractivity (Wildman–Crippen MR) is 204 cm³/mol. The number of carbonyl (C=O) groups excluding carboxylic acids is 9. The van der Waals surface area contributed by atoms with Gasteiger partial charge < -0.3 is 39.8 Å². The van der Waals surface area contributed by atoms with E-state index in [0.717, 1.165) is 6.42 Å². The summed E-state index contributed by atoms with van der Waals surface area (Å²) in [6.07, 6.45) is 4.10. The number of amides is 3. The lowest BCUT2D eigenvalue weighted by molar-refractivity contribution is -0.133. The van der Waals surface area contributed by atoms with Gasteiger partial charge in [-0.3, -0.25) is 38.5 Å². The fourth-order valence-electron chi connectivity index (χ4n) is 5.11. The van der Waals surface area contributed by atoms with Crippen LogP contribution in [0.2, 0.25) is 0 Å². The van der Waals surface area contributed by atoms with Crippen LogP contribution in [0.25, 0.3) is 0 Å². The van der Waals surface area contributed by atoms with Crippen LogP contribution < -0.4 is 16.0 Å². The van der Waals surface area contributed by atoms with E-state index < -0.39 is 23.8 Å². The smallest absolute Gasteiger partial charge is 0.243 e. The molecule has 0 aliphatic rings. The van der Waals surface area contributed by atoms with Crippen molar-refractivity contribution < 1.29 is 57.4 Å². The molecule has 0 fully saturated rings. The number of hydrogen-bond acceptors (Lipinski definition) is 13. The van der Waals surface area contributed by atoms with E-state index in [-0.39, 0.29) is 126 Å². The van der Waals surface area contributed by atoms with Crippen molar-refractivity contribution in [2.24, 2.45) is 0 Å². The molecule has 16 nitrogen and oxygen atoms in total. The van der Waals surface area contributed by atoms with E-state index in [1.54, 1.807) is 6.92 Å². The first kappa shape index (κ1) is 51.3. The van der Waals surface area contributed by atoms with Gasteiger partial charge in [0.1, 0.15) is 40.7 Å². The fraction of sp³-hybridized carbons (Fsp3) is 0.769. The second kappa shape index (κ2) is 33.6. The molecule has 0 aliphatic carbocycles. The summed E-state index contributed by atoms with van der Waals surface area (Å²) in [4.78, 5) is 111. The van der Waals surface area contributed by atoms with Gasteiger partial charge in [-0.25, -0.2) is 0 Å². The van der Waals surface area contributed by atoms with Gasteiger partial charge in [-0.2, -0.15) is 0 Å². The van der Waals surface area contributed by atoms with E-state index in [4.69, 9.17) is 14.2 Å². The molecule has 0 rings (SSSR count). The highest BCUT2D eigenvalue weighted by molar-refractivity contribution is 5.93. The maximum absolute atomic E-state index is 13.2. The van der Waals surface area contributed by atoms with Crippen molar-refractivity contribution in [3.05, 3.63) is 0 Å². The third-order valence-corrected chi connectivity index (χ3v) is 7.97. The van der Waals surface area contributed by atoms with E-state index in [1.165, 1.54) is 18.7 Å². The lowest BCUT2D eigenvalue weighted by Crippen LogP contribution is -2.52. The Morgan fingerprint density at radius 2 is 0.964 bits per heavy atom. The van der Waals surface area contributed by atoms with E-state index in [9.17, 15) is 43.2 Å². The van der Waals surface area contributed by atoms with Crippen molar-refractivity contribution in [2.45, 2.75) is 124 Å². The zero-order valence-electron chi connectivity index (χ0n) is 33.6. The number of ketones is 6. The highest BCUT2D eigenvalue weighted by atomic mass is 16.5. The van der Waals surface area contributed by atoms with Crippen LogP contribution in [0.15, 0.2) is 0 Å². The van der Waals surface area contributed by atoms with Crippen molar-refractivity contribution in [1.29, 1.82) is 0 Å². The summed E-state index contributed by atoms with van der Waals surface area (Å²) < 4.78 is 16.4. The van der Waals surface area contributed by atoms with E-state index in [0.29, 0.717) is 65.0 Å². The maximum Gasteiger partial charge on any atom is 0.243 e. The van der Waals surface area contributed by atoms with Crippen LogP contribution in [0.1, 0.15) is 118 Å². The number of hydrogen-bond donors (Lipinski definition) is 3. The summed E-state index contributed by atoms with van der Waals surface area (Å²) in [5.41, 5.74) is 0. The number of Topliss-reactive ketones (excluding diaryl/α,β-unsaturated/α-hetero) is 6. The van der Waals surface area contributed by atoms with Gasteiger partial charge in [-0.1, -0.05) is 6.92 Å². The Labute approximate surface area is 326 Å². The molecule has 0 bridgehead atoms. The van der Waals surface area contributed by atoms with Gasteiger partial charge in [0.25, 0.3) is 0 Å². The zero-order chi connectivity index (χ0) is 41.3. The van der Waals surface area contributed by atoms with Crippen LogP contribution in [0.3, 0.4) is 0 Å². The number of ether oxygens (including phenoxy) is 3. The summed E-state index contributed by atoms with van der Waals surface area (Å²) in [6, 6.07) is -1.18. The summed E-state index contributed by atoms with van der Waals surface area (Å²) in [5.74, 6) is -2.16. The van der Waals surface area contributed by atoms with Crippen LogP contribution in [0, 0.1) is 0 Å². The fourth-order valence-corrected chi connectivity index (χ4v) is 5.11. The summed E-state index contributed by atoms with van der Waals surface area (Å²) in [7, 11) is 0. The number of nitrogens with one attached hydrogen (secondary N) is 3. The minimum absolute atomic E-state index is 0.00000546. The second-order valence-electron chi connectivity index (χ2n) is 13.5. The Morgan fingerprint density at radius 1 is 0.509 bits per heavy atom. The van der Waals surface area contributed by atoms with Crippen LogP contribution >= 0.6 is 0 Å². The number of rotatable bonds is 38. The van der Waals surface area contributed by atoms with Crippen LogP contribution in [0.4, 0.5) is 0 Å². The Kier molecular flexibility index (Phi) is 31.3. The molecule has 3 N–H and O–H groups in total. The maximum atomic E-state index is 13.2. The Hall–Kier alpha value is -3.73. The molecule has 0 aliphatic heterocycles. The Bertz CT molecular complexity index is 1150. The highest BCUT2D eigenvalue weighted by Crippen LogP contribution is 2.05. The van der Waals surface area contributed by atoms with Gasteiger partial charge >= 0.3 is 0 Å². The molecule has 0 heterocycles. The quantitative estimate of drug-likeness (QED) is 0.0765. The Balaban J connectivity index is 5.11. The molecule has 0 saturated heterocycles. The molecule has 55 heavy (non-hydrogen) atoms. The van der Waals surface area contributed by atoms with E-state index in [2.05, 4.69) is 16.0 Å². The number of carbonyl (C=O) groups is 9. The van der Waals surface area contributed by atoms with Gasteiger partial charge in [-0.15, -0.1) is 0 Å². The van der Waals surface area contributed by atoms with Gasteiger partial charge in [0, 0.05) is 97.5 Å². The van der Waals surface area contributed by atoms with Crippen molar-refractivity contribution in [3.63, 3.8) is 0 Å². The molecule has 0 radical (unpaired) electrons. The minimum Gasteiger partial charge on any atom is -0.381 e. The molecule has 3 amide bonds. The first-order chi connectivity index (χ1) is 26.3. The number of nitrogens with zero attached hydrogens (tertiary/aromatic N) is 1. The third-order valence-electron chi connectivity index (χ3n) is 7.97. The van der Waals surface area contributed by atoms with Crippen LogP contribution in [-0.4, -0.2) is 136 Å². The molecule has 1 unspecified atom stereocenters. The zero-order valence-corrected chi connectivity index (χ0v) is 33.6. The van der Waals surface area contributed by atoms with Crippen molar-refractivity contribution in [1.82, 2.24) is 20.9 Å². The van der Waals surface area contributed by atoms with Gasteiger partial charge in [0.15, 0.2) is 0 Å². The molecule has 0 aromatic rings. The SMILES string of the molecule is CCCOCCNC(=O)CC(NC(=O)CN(CC(=O)CCCOCCCC(=O)CCC(C)=O)CC(=O)CCCOCCCC(=O)CCC(C)=O)C(=O)NCC. The highest BCUT2D eigenvalue weighted by Gasteiger charge is 2.25. The molecule has 0 spiro atoms. The van der Waals surface area contributed by atoms with Crippen molar-refractivity contribution in [3.8, 4) is 0 Å². The standard InChI is InChI=1S/C39H66N4O12/c1-5-20-53-25-19-41-37(50)26-36(39(52)40-6-2)42-38(51)29-43(27-34(48)13-9-23-54-21-7-11-32(46)17-15-30(3)44)28-35(49)14-10-24-55-22-8-12-33(47)18-16-31(4)45/h36H,5-29H2,1-4H3,(H,40,52)(H,41,50)(H,42,51). The van der Waals surface area contributed by atoms with Gasteiger partial charge in [0.2, 0.25) is 17.7 Å². The van der Waals surface area contributed by atoms with Crippen LogP contribution in [0.5, 0.6) is 0 Å². The minimum atomic E-state index is -1.18. The summed E-state index contributed by atoms with van der Waals surface area (Å²) in [6.45, 7) is 8.37. The lowest BCUT2D eigenvalue weighted by atomic mass is 10.1. The average Bonchev–Trinajstić information content (AvgIpc) is 3.11. The average molecular weight is 783 g/mol. The monoisotopic (exact) mass is 782 g/mol. The van der Waals surface area contributed by atoms with E-state index >= 15 is 0 Å². The summed E-state index contributed by atoms with van der Waals surface area (Å²) in [5, 5.41) is 7.85. The van der Waals surface area contributed by atoms with Gasteiger partial charge in [0.05, 0.1) is 32.7 Å². The normalized spacial score (nSPS) is 11.5. The third kappa shape index (κ3) is 32.2. The second-order valence-corrected chi connectivity index (χ2v) is 13.5. The number of likely N-dealkylation sites (N-methyl/N-ethyl adjacent to an activating group) is 1. The molecular weight excluding hydrogens is 716 g/mol. The molecular formula is C39H66N4O12. The molecule has 1 atom stereocenters. The van der Waals surface area contributed by atoms with Crippen molar-refractivity contribution >= 4 is 52.4 Å². The first-order valence-corrected chi connectivity index (χ1v) is 19.6. The molecule has 0 saturated carbocycles. The Morgan fingerprint density at radius 3 is 1.40 bits per heavy atom.